The van der Waals surface area contributed by atoms with Crippen LogP contribution in [0.25, 0.3) is 10.2 Å². The summed E-state index contributed by atoms with van der Waals surface area (Å²) < 4.78 is 0. The van der Waals surface area contributed by atoms with Crippen molar-refractivity contribution >= 4 is 39.0 Å². The second-order valence-electron chi connectivity index (χ2n) is 7.78. The zero-order chi connectivity index (χ0) is 16.8. The van der Waals surface area contributed by atoms with Gasteiger partial charge in [0, 0.05) is 10.9 Å². The standard InChI is InChI=1S/C18H26ClN3S/c1-6-10(2)20-15-14-12-8-7-11(18(3,4)5)9-13(12)23-16(14)22-17(19)21-15/h10-11H,6-9H2,1-5H3,(H,20,21,22). The Morgan fingerprint density at radius 1 is 1.35 bits per heavy atom. The van der Waals surface area contributed by atoms with E-state index in [2.05, 4.69) is 49.9 Å². The minimum atomic E-state index is 0.342. The Bertz CT molecular complexity index is 717. The SMILES string of the molecule is CCC(C)Nc1nc(Cl)nc2sc3c(c12)CCC(C(C)(C)C)C3. The summed E-state index contributed by atoms with van der Waals surface area (Å²) in [5.41, 5.74) is 1.81. The van der Waals surface area contributed by atoms with Crippen LogP contribution in [-0.4, -0.2) is 16.0 Å². The number of nitrogens with one attached hydrogen (secondary N) is 1. The Balaban J connectivity index is 2.06. The van der Waals surface area contributed by atoms with Gasteiger partial charge in [-0.25, -0.2) is 9.97 Å². The monoisotopic (exact) mass is 351 g/mol. The Morgan fingerprint density at radius 3 is 2.74 bits per heavy atom. The molecule has 2 atom stereocenters. The molecule has 2 aromatic heterocycles. The third-order valence-corrected chi connectivity index (χ3v) is 6.42. The molecule has 0 saturated carbocycles. The number of hydrogen-bond donors (Lipinski definition) is 1. The molecule has 0 bridgehead atoms. The lowest BCUT2D eigenvalue weighted by Crippen LogP contribution is -2.26. The molecule has 1 aliphatic rings. The second kappa shape index (κ2) is 6.21. The average molecular weight is 352 g/mol. The Labute approximate surface area is 147 Å². The normalized spacial score (nSPS) is 19.7. The van der Waals surface area contributed by atoms with Crippen molar-refractivity contribution in [3.05, 3.63) is 15.7 Å². The lowest BCUT2D eigenvalue weighted by Gasteiger charge is -2.33. The second-order valence-corrected chi connectivity index (χ2v) is 9.21. The van der Waals surface area contributed by atoms with Crippen LogP contribution in [0.3, 0.4) is 0 Å². The molecule has 0 amide bonds. The van der Waals surface area contributed by atoms with Crippen molar-refractivity contribution in [1.82, 2.24) is 9.97 Å². The molecule has 0 fully saturated rings. The first-order chi connectivity index (χ1) is 10.8. The van der Waals surface area contributed by atoms with Crippen LogP contribution in [0.15, 0.2) is 0 Å². The van der Waals surface area contributed by atoms with Crippen LogP contribution in [0.5, 0.6) is 0 Å². The number of anilines is 1. The van der Waals surface area contributed by atoms with Crippen LogP contribution in [0, 0.1) is 11.3 Å². The van der Waals surface area contributed by atoms with Gasteiger partial charge in [0.05, 0.1) is 5.39 Å². The summed E-state index contributed by atoms with van der Waals surface area (Å²) in [6.45, 7) is 11.4. The van der Waals surface area contributed by atoms with Crippen molar-refractivity contribution in [2.24, 2.45) is 11.3 Å². The molecule has 1 N–H and O–H groups in total. The van der Waals surface area contributed by atoms with E-state index in [-0.39, 0.29) is 0 Å². The third kappa shape index (κ3) is 3.34. The van der Waals surface area contributed by atoms with Gasteiger partial charge in [-0.2, -0.15) is 0 Å². The number of aryl methyl sites for hydroxylation is 1. The summed E-state index contributed by atoms with van der Waals surface area (Å²) in [4.78, 5) is 11.5. The summed E-state index contributed by atoms with van der Waals surface area (Å²) in [6, 6.07) is 0.380. The highest BCUT2D eigenvalue weighted by molar-refractivity contribution is 7.19. The highest BCUT2D eigenvalue weighted by Gasteiger charge is 2.32. The van der Waals surface area contributed by atoms with E-state index in [0.717, 1.165) is 35.8 Å². The fraction of sp³-hybridized carbons (Fsp3) is 0.667. The predicted molar refractivity (Wildman–Crippen MR) is 101 cm³/mol. The van der Waals surface area contributed by atoms with Gasteiger partial charge in [0.2, 0.25) is 5.28 Å². The number of thiophene rings is 1. The van der Waals surface area contributed by atoms with Crippen molar-refractivity contribution in [3.8, 4) is 0 Å². The van der Waals surface area contributed by atoms with Crippen molar-refractivity contribution in [2.75, 3.05) is 5.32 Å². The molecule has 3 nitrogen and oxygen atoms in total. The largest absolute Gasteiger partial charge is 0.367 e. The molecule has 126 valence electrons. The van der Waals surface area contributed by atoms with E-state index in [9.17, 15) is 0 Å². The van der Waals surface area contributed by atoms with Crippen LogP contribution in [-0.2, 0) is 12.8 Å². The fourth-order valence-corrected chi connectivity index (χ4v) is 4.85. The quantitative estimate of drug-likeness (QED) is 0.720. The molecule has 2 unspecified atom stereocenters. The lowest BCUT2D eigenvalue weighted by atomic mass is 9.72. The van der Waals surface area contributed by atoms with Crippen LogP contribution >= 0.6 is 22.9 Å². The number of halogens is 1. The highest BCUT2D eigenvalue weighted by atomic mass is 35.5. The molecule has 0 saturated heterocycles. The van der Waals surface area contributed by atoms with Crippen molar-refractivity contribution < 1.29 is 0 Å². The van der Waals surface area contributed by atoms with E-state index in [4.69, 9.17) is 11.6 Å². The Kier molecular flexibility index (Phi) is 4.58. The van der Waals surface area contributed by atoms with Gasteiger partial charge in [-0.3, -0.25) is 0 Å². The van der Waals surface area contributed by atoms with E-state index in [0.29, 0.717) is 16.7 Å². The molecule has 23 heavy (non-hydrogen) atoms. The van der Waals surface area contributed by atoms with Crippen LogP contribution < -0.4 is 5.32 Å². The minimum absolute atomic E-state index is 0.342. The van der Waals surface area contributed by atoms with E-state index in [1.807, 2.05) is 11.3 Å². The molecule has 5 heteroatoms. The van der Waals surface area contributed by atoms with Gasteiger partial charge < -0.3 is 5.32 Å². The van der Waals surface area contributed by atoms with Gasteiger partial charge in [0.25, 0.3) is 0 Å². The van der Waals surface area contributed by atoms with Crippen LogP contribution in [0.2, 0.25) is 5.28 Å². The fourth-order valence-electron chi connectivity index (χ4n) is 3.33. The average Bonchev–Trinajstić information content (AvgIpc) is 2.83. The summed E-state index contributed by atoms with van der Waals surface area (Å²) in [5, 5.41) is 5.08. The molecular formula is C18H26ClN3S. The molecule has 0 aliphatic heterocycles. The zero-order valence-electron chi connectivity index (χ0n) is 14.7. The maximum Gasteiger partial charge on any atom is 0.225 e. The first-order valence-electron chi connectivity index (χ1n) is 8.54. The van der Waals surface area contributed by atoms with Gasteiger partial charge in [0.15, 0.2) is 0 Å². The van der Waals surface area contributed by atoms with Gasteiger partial charge in [-0.1, -0.05) is 27.7 Å². The highest BCUT2D eigenvalue weighted by Crippen LogP contribution is 2.44. The van der Waals surface area contributed by atoms with E-state index < -0.39 is 0 Å². The van der Waals surface area contributed by atoms with Gasteiger partial charge in [-0.15, -0.1) is 11.3 Å². The summed E-state index contributed by atoms with van der Waals surface area (Å²) >= 11 is 7.97. The Morgan fingerprint density at radius 2 is 2.09 bits per heavy atom. The minimum Gasteiger partial charge on any atom is -0.367 e. The number of hydrogen-bond acceptors (Lipinski definition) is 4. The van der Waals surface area contributed by atoms with E-state index >= 15 is 0 Å². The summed E-state index contributed by atoms with van der Waals surface area (Å²) in [7, 11) is 0. The number of rotatable bonds is 3. The van der Waals surface area contributed by atoms with Crippen molar-refractivity contribution in [2.45, 2.75) is 66.3 Å². The van der Waals surface area contributed by atoms with Crippen molar-refractivity contribution in [1.29, 1.82) is 0 Å². The van der Waals surface area contributed by atoms with Crippen LogP contribution in [0.4, 0.5) is 5.82 Å². The lowest BCUT2D eigenvalue weighted by molar-refractivity contribution is 0.218. The van der Waals surface area contributed by atoms with Crippen molar-refractivity contribution in [3.63, 3.8) is 0 Å². The summed E-state index contributed by atoms with van der Waals surface area (Å²) in [6.07, 6.45) is 4.58. The van der Waals surface area contributed by atoms with E-state index in [1.165, 1.54) is 22.2 Å². The Hall–Kier alpha value is -0.870. The first-order valence-corrected chi connectivity index (χ1v) is 9.73. The molecule has 2 heterocycles. The van der Waals surface area contributed by atoms with Gasteiger partial charge in [-0.05, 0) is 61.1 Å². The maximum atomic E-state index is 6.16. The molecule has 0 spiro atoms. The molecule has 3 rings (SSSR count). The number of fused-ring (bicyclic) bond motifs is 3. The molecule has 0 aromatic carbocycles. The van der Waals surface area contributed by atoms with E-state index in [1.54, 1.807) is 0 Å². The zero-order valence-corrected chi connectivity index (χ0v) is 16.2. The molecule has 0 radical (unpaired) electrons. The van der Waals surface area contributed by atoms with Gasteiger partial charge >= 0.3 is 0 Å². The molecule has 1 aliphatic carbocycles. The molecule has 2 aromatic rings. The summed E-state index contributed by atoms with van der Waals surface area (Å²) in [5.74, 6) is 1.65. The molecular weight excluding hydrogens is 326 g/mol. The van der Waals surface area contributed by atoms with Gasteiger partial charge in [0.1, 0.15) is 10.6 Å². The van der Waals surface area contributed by atoms with Crippen LogP contribution in [0.1, 0.15) is 57.9 Å². The predicted octanol–water partition coefficient (Wildman–Crippen LogP) is 5.71. The number of aromatic nitrogens is 2. The topological polar surface area (TPSA) is 37.8 Å². The third-order valence-electron chi connectivity index (χ3n) is 5.10. The smallest absolute Gasteiger partial charge is 0.225 e. The first kappa shape index (κ1) is 17.0. The maximum absolute atomic E-state index is 6.16. The number of nitrogens with zero attached hydrogens (tertiary/aromatic N) is 2.